The van der Waals surface area contributed by atoms with Crippen LogP contribution in [0.5, 0.6) is 5.88 Å². The molecule has 0 atom stereocenters. The van der Waals surface area contributed by atoms with Crippen LogP contribution >= 0.6 is 11.6 Å². The molecule has 0 aliphatic heterocycles. The zero-order chi connectivity index (χ0) is 15.8. The van der Waals surface area contributed by atoms with E-state index in [1.165, 1.54) is 6.07 Å². The minimum Gasteiger partial charge on any atom is -0.494 e. The third kappa shape index (κ3) is 2.58. The standard InChI is InChI=1S/C15H13ClN2O3/c1-4-15(2,3)18-13(20)11(12(19)17-14(18)21)9-6-5-7-10(16)8-9/h1,5-8,20H,2-3H3,(H,17,19,21). The second kappa shape index (κ2) is 5.15. The molecular formula is C15H13ClN2O3. The Kier molecular flexibility index (Phi) is 3.67. The van der Waals surface area contributed by atoms with Gasteiger partial charge < -0.3 is 5.11 Å². The summed E-state index contributed by atoms with van der Waals surface area (Å²) in [5.41, 5.74) is -2.24. The predicted octanol–water partition coefficient (Wildman–Crippen LogP) is 1.93. The molecule has 0 fully saturated rings. The summed E-state index contributed by atoms with van der Waals surface area (Å²) in [6.45, 7) is 3.16. The predicted molar refractivity (Wildman–Crippen MR) is 81.6 cm³/mol. The number of aromatic amines is 1. The SMILES string of the molecule is C#CC(C)(C)n1c(O)c(-c2cccc(Cl)c2)c(=O)[nH]c1=O. The Morgan fingerprint density at radius 2 is 2.05 bits per heavy atom. The van der Waals surface area contributed by atoms with Crippen molar-refractivity contribution < 1.29 is 5.11 Å². The van der Waals surface area contributed by atoms with Crippen LogP contribution in [-0.4, -0.2) is 14.7 Å². The molecule has 0 radical (unpaired) electrons. The molecule has 0 bridgehead atoms. The number of aromatic hydroxyl groups is 1. The van der Waals surface area contributed by atoms with Gasteiger partial charge in [-0.05, 0) is 31.5 Å². The highest BCUT2D eigenvalue weighted by Gasteiger charge is 2.26. The van der Waals surface area contributed by atoms with Crippen molar-refractivity contribution in [3.05, 3.63) is 50.1 Å². The molecule has 0 aliphatic carbocycles. The second-order valence-electron chi connectivity index (χ2n) is 5.01. The van der Waals surface area contributed by atoms with Gasteiger partial charge >= 0.3 is 5.69 Å². The minimum absolute atomic E-state index is 0.0552. The van der Waals surface area contributed by atoms with Crippen molar-refractivity contribution in [3.8, 4) is 29.4 Å². The molecule has 1 aromatic heterocycles. The summed E-state index contributed by atoms with van der Waals surface area (Å²) < 4.78 is 0.963. The fraction of sp³-hybridized carbons (Fsp3) is 0.200. The van der Waals surface area contributed by atoms with Crippen molar-refractivity contribution in [1.82, 2.24) is 9.55 Å². The molecule has 0 spiro atoms. The molecule has 0 saturated heterocycles. The fourth-order valence-corrected chi connectivity index (χ4v) is 2.20. The summed E-state index contributed by atoms with van der Waals surface area (Å²) in [6.07, 6.45) is 5.39. The molecule has 6 heteroatoms. The first-order valence-electron chi connectivity index (χ1n) is 6.10. The van der Waals surface area contributed by atoms with E-state index in [0.29, 0.717) is 10.6 Å². The average molecular weight is 305 g/mol. The van der Waals surface area contributed by atoms with Crippen LogP contribution in [0.3, 0.4) is 0 Å². The maximum absolute atomic E-state index is 12.0. The normalized spacial score (nSPS) is 11.1. The van der Waals surface area contributed by atoms with E-state index >= 15 is 0 Å². The number of halogens is 1. The first-order chi connectivity index (χ1) is 9.77. The number of nitrogens with one attached hydrogen (secondary N) is 1. The summed E-state index contributed by atoms with van der Waals surface area (Å²) in [5, 5.41) is 10.8. The molecule has 108 valence electrons. The lowest BCUT2D eigenvalue weighted by Crippen LogP contribution is -2.40. The van der Waals surface area contributed by atoms with Gasteiger partial charge in [-0.25, -0.2) is 9.36 Å². The number of nitrogens with zero attached hydrogens (tertiary/aromatic N) is 1. The number of rotatable bonds is 2. The van der Waals surface area contributed by atoms with Crippen molar-refractivity contribution >= 4 is 11.6 Å². The Balaban J connectivity index is 2.88. The zero-order valence-electron chi connectivity index (χ0n) is 11.5. The van der Waals surface area contributed by atoms with Crippen molar-refractivity contribution in [3.63, 3.8) is 0 Å². The zero-order valence-corrected chi connectivity index (χ0v) is 12.2. The van der Waals surface area contributed by atoms with Crippen molar-refractivity contribution in [2.24, 2.45) is 0 Å². The number of benzene rings is 1. The van der Waals surface area contributed by atoms with E-state index in [9.17, 15) is 14.7 Å². The third-order valence-electron chi connectivity index (χ3n) is 3.11. The summed E-state index contributed by atoms with van der Waals surface area (Å²) >= 11 is 5.89. The fourth-order valence-electron chi connectivity index (χ4n) is 2.01. The van der Waals surface area contributed by atoms with Gasteiger partial charge in [-0.15, -0.1) is 6.42 Å². The maximum atomic E-state index is 12.0. The molecule has 2 aromatic rings. The molecule has 21 heavy (non-hydrogen) atoms. The van der Waals surface area contributed by atoms with E-state index < -0.39 is 22.7 Å². The van der Waals surface area contributed by atoms with Gasteiger partial charge in [0.05, 0.1) is 0 Å². The van der Waals surface area contributed by atoms with Crippen molar-refractivity contribution in [2.75, 3.05) is 0 Å². The van der Waals surface area contributed by atoms with Gasteiger partial charge in [0.2, 0.25) is 5.88 Å². The second-order valence-corrected chi connectivity index (χ2v) is 5.44. The van der Waals surface area contributed by atoms with Gasteiger partial charge in [-0.1, -0.05) is 29.7 Å². The van der Waals surface area contributed by atoms with Gasteiger partial charge in [0.25, 0.3) is 5.56 Å². The Labute approximate surface area is 125 Å². The van der Waals surface area contributed by atoms with Gasteiger partial charge in [0.15, 0.2) is 0 Å². The highest BCUT2D eigenvalue weighted by atomic mass is 35.5. The summed E-state index contributed by atoms with van der Waals surface area (Å²) in [7, 11) is 0. The van der Waals surface area contributed by atoms with Gasteiger partial charge in [-0.3, -0.25) is 9.78 Å². The van der Waals surface area contributed by atoms with Crippen LogP contribution in [0.4, 0.5) is 0 Å². The van der Waals surface area contributed by atoms with Crippen molar-refractivity contribution in [2.45, 2.75) is 19.4 Å². The molecule has 5 nitrogen and oxygen atoms in total. The number of hydrogen-bond donors (Lipinski definition) is 2. The van der Waals surface area contributed by atoms with E-state index in [1.54, 1.807) is 32.0 Å². The molecule has 0 amide bonds. The molecule has 2 N–H and O–H groups in total. The van der Waals surface area contributed by atoms with Crippen LogP contribution in [0.25, 0.3) is 11.1 Å². The Morgan fingerprint density at radius 1 is 1.38 bits per heavy atom. The number of H-pyrrole nitrogens is 1. The molecule has 0 saturated carbocycles. The number of hydrogen-bond acceptors (Lipinski definition) is 3. The van der Waals surface area contributed by atoms with Crippen LogP contribution in [0, 0.1) is 12.3 Å². The van der Waals surface area contributed by atoms with Crippen LogP contribution in [0.1, 0.15) is 13.8 Å². The first kappa shape index (κ1) is 14.9. The Bertz CT molecular complexity index is 856. The van der Waals surface area contributed by atoms with Gasteiger partial charge in [0, 0.05) is 5.02 Å². The lowest BCUT2D eigenvalue weighted by Gasteiger charge is -2.23. The quantitative estimate of drug-likeness (QED) is 0.833. The maximum Gasteiger partial charge on any atom is 0.332 e. The first-order valence-corrected chi connectivity index (χ1v) is 6.48. The summed E-state index contributed by atoms with van der Waals surface area (Å²) in [4.78, 5) is 26.1. The topological polar surface area (TPSA) is 75.1 Å². The Hall–Kier alpha value is -2.45. The van der Waals surface area contributed by atoms with E-state index in [0.717, 1.165) is 4.57 Å². The van der Waals surface area contributed by atoms with E-state index in [-0.39, 0.29) is 5.56 Å². The highest BCUT2D eigenvalue weighted by Crippen LogP contribution is 2.29. The summed E-state index contributed by atoms with van der Waals surface area (Å²) in [6, 6.07) is 6.40. The molecule has 0 unspecified atom stereocenters. The summed E-state index contributed by atoms with van der Waals surface area (Å²) in [5.74, 6) is 1.91. The average Bonchev–Trinajstić information content (AvgIpc) is 2.37. The van der Waals surface area contributed by atoms with Gasteiger partial charge in [0.1, 0.15) is 11.1 Å². The van der Waals surface area contributed by atoms with Crippen molar-refractivity contribution in [1.29, 1.82) is 0 Å². The number of terminal acetylenes is 1. The minimum atomic E-state index is -1.10. The van der Waals surface area contributed by atoms with Crippen LogP contribution in [0.2, 0.25) is 5.02 Å². The number of aromatic nitrogens is 2. The Morgan fingerprint density at radius 3 is 2.62 bits per heavy atom. The lowest BCUT2D eigenvalue weighted by molar-refractivity contribution is 0.344. The van der Waals surface area contributed by atoms with E-state index in [2.05, 4.69) is 10.9 Å². The largest absolute Gasteiger partial charge is 0.494 e. The monoisotopic (exact) mass is 304 g/mol. The molecule has 1 aromatic carbocycles. The van der Waals surface area contributed by atoms with E-state index in [1.807, 2.05) is 0 Å². The lowest BCUT2D eigenvalue weighted by atomic mass is 10.0. The van der Waals surface area contributed by atoms with E-state index in [4.69, 9.17) is 18.0 Å². The molecule has 0 aliphatic rings. The smallest absolute Gasteiger partial charge is 0.332 e. The van der Waals surface area contributed by atoms with Gasteiger partial charge in [-0.2, -0.15) is 0 Å². The molecule has 2 rings (SSSR count). The highest BCUT2D eigenvalue weighted by molar-refractivity contribution is 6.30. The molecule has 1 heterocycles. The third-order valence-corrected chi connectivity index (χ3v) is 3.35. The van der Waals surface area contributed by atoms with Crippen LogP contribution < -0.4 is 11.2 Å². The van der Waals surface area contributed by atoms with Crippen LogP contribution in [0.15, 0.2) is 33.9 Å². The molecular weight excluding hydrogens is 292 g/mol. The van der Waals surface area contributed by atoms with Crippen LogP contribution in [-0.2, 0) is 5.54 Å².